The minimum Gasteiger partial charge on any atom is -0.361 e. The van der Waals surface area contributed by atoms with Gasteiger partial charge in [0, 0.05) is 23.1 Å². The molecule has 102 valence electrons. The fourth-order valence-corrected chi connectivity index (χ4v) is 2.46. The number of anilines is 1. The van der Waals surface area contributed by atoms with Crippen molar-refractivity contribution in [1.82, 2.24) is 15.0 Å². The van der Waals surface area contributed by atoms with Crippen molar-refractivity contribution in [2.75, 3.05) is 5.32 Å². The molecule has 1 unspecified atom stereocenters. The van der Waals surface area contributed by atoms with Crippen LogP contribution in [0.5, 0.6) is 0 Å². The number of H-pyrrole nitrogens is 1. The standard InChI is InChI=1S/C13H18N4OS/c1-7(2)12-16-10(5-11(18)17-12)15-9(4)13-14-6-8(3)19-13/h5-7,9H,1-4H3,(H2,15,16,17,18). The van der Waals surface area contributed by atoms with E-state index < -0.39 is 0 Å². The lowest BCUT2D eigenvalue weighted by molar-refractivity contribution is 0.760. The molecule has 1 atom stereocenters. The van der Waals surface area contributed by atoms with Crippen LogP contribution >= 0.6 is 11.3 Å². The van der Waals surface area contributed by atoms with E-state index in [-0.39, 0.29) is 17.5 Å². The summed E-state index contributed by atoms with van der Waals surface area (Å²) >= 11 is 1.64. The van der Waals surface area contributed by atoms with Crippen LogP contribution in [0.2, 0.25) is 0 Å². The Morgan fingerprint density at radius 3 is 2.68 bits per heavy atom. The Hall–Kier alpha value is -1.69. The van der Waals surface area contributed by atoms with E-state index in [0.717, 1.165) is 5.01 Å². The molecular weight excluding hydrogens is 260 g/mol. The molecule has 0 aliphatic heterocycles. The highest BCUT2D eigenvalue weighted by molar-refractivity contribution is 7.11. The number of hydrogen-bond donors (Lipinski definition) is 2. The van der Waals surface area contributed by atoms with Gasteiger partial charge in [0.15, 0.2) is 0 Å². The smallest absolute Gasteiger partial charge is 0.252 e. The molecule has 5 nitrogen and oxygen atoms in total. The zero-order valence-electron chi connectivity index (χ0n) is 11.5. The van der Waals surface area contributed by atoms with Crippen LogP contribution in [0.25, 0.3) is 0 Å². The Kier molecular flexibility index (Phi) is 3.99. The van der Waals surface area contributed by atoms with Gasteiger partial charge in [0.1, 0.15) is 16.6 Å². The zero-order chi connectivity index (χ0) is 14.0. The Morgan fingerprint density at radius 2 is 2.11 bits per heavy atom. The second-order valence-corrected chi connectivity index (χ2v) is 6.11. The second kappa shape index (κ2) is 5.52. The van der Waals surface area contributed by atoms with E-state index in [0.29, 0.717) is 11.6 Å². The first-order valence-electron chi connectivity index (χ1n) is 6.26. The fourth-order valence-electron chi connectivity index (χ4n) is 1.68. The van der Waals surface area contributed by atoms with Gasteiger partial charge < -0.3 is 10.3 Å². The number of rotatable bonds is 4. The van der Waals surface area contributed by atoms with Gasteiger partial charge in [0.25, 0.3) is 5.56 Å². The van der Waals surface area contributed by atoms with Crippen molar-refractivity contribution in [3.8, 4) is 0 Å². The maximum absolute atomic E-state index is 11.6. The molecule has 0 amide bonds. The summed E-state index contributed by atoms with van der Waals surface area (Å²) in [5, 5.41) is 4.22. The molecule has 2 rings (SSSR count). The summed E-state index contributed by atoms with van der Waals surface area (Å²) in [6, 6.07) is 1.51. The van der Waals surface area contributed by atoms with Gasteiger partial charge in [0.05, 0.1) is 6.04 Å². The summed E-state index contributed by atoms with van der Waals surface area (Å²) in [7, 11) is 0. The van der Waals surface area contributed by atoms with Crippen LogP contribution in [0.15, 0.2) is 17.1 Å². The Balaban J connectivity index is 2.21. The minimum absolute atomic E-state index is 0.0352. The van der Waals surface area contributed by atoms with Crippen molar-refractivity contribution in [1.29, 1.82) is 0 Å². The predicted octanol–water partition coefficient (Wildman–Crippen LogP) is 2.83. The summed E-state index contributed by atoms with van der Waals surface area (Å²) in [6.07, 6.45) is 1.85. The molecule has 0 saturated carbocycles. The van der Waals surface area contributed by atoms with Crippen LogP contribution in [0.3, 0.4) is 0 Å². The number of aromatic nitrogens is 3. The Labute approximate surface area is 116 Å². The molecule has 0 bridgehead atoms. The van der Waals surface area contributed by atoms with E-state index in [1.54, 1.807) is 11.3 Å². The molecule has 2 aromatic heterocycles. The van der Waals surface area contributed by atoms with Crippen LogP contribution in [0.1, 0.15) is 48.4 Å². The normalized spacial score (nSPS) is 12.7. The van der Waals surface area contributed by atoms with Gasteiger partial charge in [-0.15, -0.1) is 11.3 Å². The predicted molar refractivity (Wildman–Crippen MR) is 77.8 cm³/mol. The van der Waals surface area contributed by atoms with Crippen LogP contribution < -0.4 is 10.9 Å². The van der Waals surface area contributed by atoms with Gasteiger partial charge in [0.2, 0.25) is 0 Å². The fraction of sp³-hybridized carbons (Fsp3) is 0.462. The molecule has 0 radical (unpaired) electrons. The molecule has 0 fully saturated rings. The highest BCUT2D eigenvalue weighted by Gasteiger charge is 2.11. The maximum atomic E-state index is 11.6. The molecule has 0 aliphatic rings. The first-order valence-corrected chi connectivity index (χ1v) is 7.07. The van der Waals surface area contributed by atoms with Crippen molar-refractivity contribution < 1.29 is 0 Å². The topological polar surface area (TPSA) is 70.7 Å². The van der Waals surface area contributed by atoms with Crippen molar-refractivity contribution >= 4 is 17.2 Å². The number of thiazole rings is 1. The average molecular weight is 278 g/mol. The van der Waals surface area contributed by atoms with Crippen LogP contribution in [-0.2, 0) is 0 Å². The molecule has 2 aromatic rings. The summed E-state index contributed by atoms with van der Waals surface area (Å²) in [5.41, 5.74) is -0.135. The highest BCUT2D eigenvalue weighted by atomic mass is 32.1. The van der Waals surface area contributed by atoms with Crippen molar-refractivity contribution in [3.05, 3.63) is 38.3 Å². The summed E-state index contributed by atoms with van der Waals surface area (Å²) in [4.78, 5) is 24.3. The summed E-state index contributed by atoms with van der Waals surface area (Å²) < 4.78 is 0. The number of aryl methyl sites for hydroxylation is 1. The molecule has 2 N–H and O–H groups in total. The van der Waals surface area contributed by atoms with E-state index in [1.807, 2.05) is 33.9 Å². The number of nitrogens with zero attached hydrogens (tertiary/aromatic N) is 2. The van der Waals surface area contributed by atoms with E-state index in [1.165, 1.54) is 10.9 Å². The summed E-state index contributed by atoms with van der Waals surface area (Å²) in [5.74, 6) is 1.47. The molecule has 0 aliphatic carbocycles. The largest absolute Gasteiger partial charge is 0.361 e. The number of aromatic amines is 1. The lowest BCUT2D eigenvalue weighted by Gasteiger charge is -2.13. The van der Waals surface area contributed by atoms with E-state index >= 15 is 0 Å². The SMILES string of the molecule is Cc1cnc(C(C)Nc2cc(=O)[nH]c(C(C)C)n2)s1. The molecule has 0 spiro atoms. The van der Waals surface area contributed by atoms with Crippen molar-refractivity contribution in [3.63, 3.8) is 0 Å². The number of hydrogen-bond acceptors (Lipinski definition) is 5. The quantitative estimate of drug-likeness (QED) is 0.902. The molecule has 19 heavy (non-hydrogen) atoms. The van der Waals surface area contributed by atoms with Gasteiger partial charge in [-0.3, -0.25) is 4.79 Å². The van der Waals surface area contributed by atoms with E-state index in [4.69, 9.17) is 0 Å². The van der Waals surface area contributed by atoms with Crippen LogP contribution in [-0.4, -0.2) is 15.0 Å². The van der Waals surface area contributed by atoms with Gasteiger partial charge in [-0.05, 0) is 13.8 Å². The monoisotopic (exact) mass is 278 g/mol. The zero-order valence-corrected chi connectivity index (χ0v) is 12.3. The van der Waals surface area contributed by atoms with Gasteiger partial charge in [-0.1, -0.05) is 13.8 Å². The molecule has 6 heteroatoms. The molecule has 2 heterocycles. The van der Waals surface area contributed by atoms with Crippen LogP contribution in [0.4, 0.5) is 5.82 Å². The van der Waals surface area contributed by atoms with E-state index in [2.05, 4.69) is 20.3 Å². The Bertz CT molecular complexity index is 617. The Morgan fingerprint density at radius 1 is 1.37 bits per heavy atom. The lowest BCUT2D eigenvalue weighted by atomic mass is 10.2. The number of nitrogens with one attached hydrogen (secondary N) is 2. The average Bonchev–Trinajstić information content (AvgIpc) is 2.75. The van der Waals surface area contributed by atoms with Crippen molar-refractivity contribution in [2.24, 2.45) is 0 Å². The third-order valence-corrected chi connectivity index (χ3v) is 3.78. The van der Waals surface area contributed by atoms with Crippen molar-refractivity contribution in [2.45, 2.75) is 39.7 Å². The summed E-state index contributed by atoms with van der Waals surface area (Å²) in [6.45, 7) is 8.03. The highest BCUT2D eigenvalue weighted by Crippen LogP contribution is 2.22. The van der Waals surface area contributed by atoms with Crippen LogP contribution in [0, 0.1) is 6.92 Å². The second-order valence-electron chi connectivity index (χ2n) is 4.85. The van der Waals surface area contributed by atoms with E-state index in [9.17, 15) is 4.79 Å². The minimum atomic E-state index is -0.135. The van der Waals surface area contributed by atoms with Gasteiger partial charge in [-0.2, -0.15) is 0 Å². The molecule has 0 aromatic carbocycles. The first-order chi connectivity index (χ1) is 8.95. The first kappa shape index (κ1) is 13.7. The van der Waals surface area contributed by atoms with Gasteiger partial charge in [-0.25, -0.2) is 9.97 Å². The molecule has 0 saturated heterocycles. The van der Waals surface area contributed by atoms with Gasteiger partial charge >= 0.3 is 0 Å². The maximum Gasteiger partial charge on any atom is 0.252 e. The third-order valence-electron chi connectivity index (χ3n) is 2.68. The third kappa shape index (κ3) is 3.41. The molecular formula is C13H18N4OS. The lowest BCUT2D eigenvalue weighted by Crippen LogP contribution is -2.16.